The Labute approximate surface area is 213 Å². The molecule has 2 saturated heterocycles. The Morgan fingerprint density at radius 2 is 1.61 bits per heavy atom. The third-order valence-electron chi connectivity index (χ3n) is 7.70. The van der Waals surface area contributed by atoms with Crippen LogP contribution >= 0.6 is 11.9 Å². The van der Waals surface area contributed by atoms with E-state index in [4.69, 9.17) is 9.97 Å². The summed E-state index contributed by atoms with van der Waals surface area (Å²) in [5.74, 6) is -0.182. The van der Waals surface area contributed by atoms with Gasteiger partial charge in [-0.25, -0.2) is 23.4 Å². The van der Waals surface area contributed by atoms with E-state index >= 15 is 0 Å². The van der Waals surface area contributed by atoms with Crippen molar-refractivity contribution in [3.05, 3.63) is 36.5 Å². The highest BCUT2D eigenvalue weighted by Crippen LogP contribution is 2.54. The van der Waals surface area contributed by atoms with E-state index in [-0.39, 0.29) is 12.8 Å². The summed E-state index contributed by atoms with van der Waals surface area (Å²) in [6.07, 6.45) is 8.67. The highest BCUT2D eigenvalue weighted by molar-refractivity contribution is 7.99. The molecule has 190 valence electrons. The monoisotopic (exact) mass is 512 g/mol. The van der Waals surface area contributed by atoms with Crippen LogP contribution in [-0.2, 0) is 0 Å². The summed E-state index contributed by atoms with van der Waals surface area (Å²) in [5, 5.41) is 8.81. The highest BCUT2D eigenvalue weighted by Gasteiger charge is 2.45. The number of hydrogen-bond donors (Lipinski definition) is 1. The Hall–Kier alpha value is -2.95. The predicted octanol–water partition coefficient (Wildman–Crippen LogP) is 5.03. The molecule has 0 unspecified atom stereocenters. The van der Waals surface area contributed by atoms with Gasteiger partial charge in [0.15, 0.2) is 5.82 Å². The number of nitrogens with zero attached hydrogens (tertiary/aromatic N) is 7. The van der Waals surface area contributed by atoms with Crippen LogP contribution in [0.1, 0.15) is 38.5 Å². The van der Waals surface area contributed by atoms with E-state index < -0.39 is 5.92 Å². The molecule has 1 saturated carbocycles. The van der Waals surface area contributed by atoms with Crippen LogP contribution < -0.4 is 14.5 Å². The summed E-state index contributed by atoms with van der Waals surface area (Å²) in [6.45, 7) is 2.56. The Balaban J connectivity index is 1.26. The molecule has 0 atom stereocenters. The number of piperidine rings is 2. The van der Waals surface area contributed by atoms with Crippen LogP contribution in [0, 0.1) is 5.41 Å². The van der Waals surface area contributed by atoms with Gasteiger partial charge < -0.3 is 14.5 Å². The maximum absolute atomic E-state index is 13.6. The second kappa shape index (κ2) is 9.17. The molecule has 6 rings (SSSR count). The fourth-order valence-corrected chi connectivity index (χ4v) is 5.51. The zero-order valence-electron chi connectivity index (χ0n) is 20.3. The van der Waals surface area contributed by atoms with E-state index in [0.29, 0.717) is 35.7 Å². The molecule has 0 bridgehead atoms. The number of aromatic nitrogens is 5. The Morgan fingerprint density at radius 3 is 2.33 bits per heavy atom. The smallest absolute Gasteiger partial charge is 0.251 e. The summed E-state index contributed by atoms with van der Waals surface area (Å²) in [5.41, 5.74) is 2.75. The van der Waals surface area contributed by atoms with Crippen LogP contribution in [0.4, 0.5) is 26.2 Å². The molecule has 3 fully saturated rings. The molecule has 11 heteroatoms. The zero-order valence-corrected chi connectivity index (χ0v) is 21.1. The molecule has 3 aliphatic rings. The number of pyridine rings is 2. The fourth-order valence-electron chi connectivity index (χ4n) is 5.19. The zero-order chi connectivity index (χ0) is 24.8. The Morgan fingerprint density at radius 1 is 0.861 bits per heavy atom. The average Bonchev–Trinajstić information content (AvgIpc) is 3.45. The number of halogens is 2. The lowest BCUT2D eigenvalue weighted by molar-refractivity contribution is -0.0221. The van der Waals surface area contributed by atoms with Gasteiger partial charge in [-0.15, -0.1) is 5.10 Å². The van der Waals surface area contributed by atoms with E-state index in [1.165, 1.54) is 37.6 Å². The van der Waals surface area contributed by atoms with Gasteiger partial charge in [0.2, 0.25) is 0 Å². The van der Waals surface area contributed by atoms with Crippen molar-refractivity contribution in [3.63, 3.8) is 0 Å². The van der Waals surface area contributed by atoms with Crippen molar-refractivity contribution in [3.8, 4) is 17.1 Å². The molecule has 5 heterocycles. The number of nitrogens with one attached hydrogen (secondary N) is 1. The van der Waals surface area contributed by atoms with Crippen LogP contribution in [0.15, 0.2) is 36.5 Å². The van der Waals surface area contributed by atoms with Crippen molar-refractivity contribution in [2.75, 3.05) is 47.0 Å². The van der Waals surface area contributed by atoms with Crippen LogP contribution in [0.2, 0.25) is 0 Å². The summed E-state index contributed by atoms with van der Waals surface area (Å²) in [7, 11) is 0. The quantitative estimate of drug-likeness (QED) is 0.461. The van der Waals surface area contributed by atoms with E-state index in [2.05, 4.69) is 19.9 Å². The van der Waals surface area contributed by atoms with Crippen LogP contribution in [0.5, 0.6) is 0 Å². The van der Waals surface area contributed by atoms with Gasteiger partial charge in [-0.2, -0.15) is 0 Å². The number of rotatable bonds is 6. The summed E-state index contributed by atoms with van der Waals surface area (Å²) >= 11 is 1.52. The molecule has 2 aliphatic heterocycles. The molecule has 0 aromatic carbocycles. The van der Waals surface area contributed by atoms with E-state index in [1.807, 2.05) is 47.7 Å². The minimum absolute atomic E-state index is 0.149. The van der Waals surface area contributed by atoms with Gasteiger partial charge in [0.05, 0.1) is 11.9 Å². The van der Waals surface area contributed by atoms with Gasteiger partial charge >= 0.3 is 0 Å². The maximum atomic E-state index is 13.6. The second-order valence-corrected chi connectivity index (χ2v) is 10.7. The van der Waals surface area contributed by atoms with Crippen molar-refractivity contribution in [2.45, 2.75) is 44.4 Å². The first-order valence-corrected chi connectivity index (χ1v) is 13.7. The molecule has 1 N–H and O–H groups in total. The first-order valence-electron chi connectivity index (χ1n) is 12.5. The molecule has 8 nitrogen and oxygen atoms in total. The third kappa shape index (κ3) is 4.72. The van der Waals surface area contributed by atoms with Crippen molar-refractivity contribution in [2.24, 2.45) is 5.41 Å². The predicted molar refractivity (Wildman–Crippen MR) is 139 cm³/mol. The number of alkyl halides is 2. The molecular weight excluding hydrogens is 482 g/mol. The summed E-state index contributed by atoms with van der Waals surface area (Å²) in [4.78, 5) is 13.9. The van der Waals surface area contributed by atoms with Gasteiger partial charge in [-0.1, -0.05) is 23.2 Å². The van der Waals surface area contributed by atoms with Gasteiger partial charge in [0.25, 0.3) is 5.92 Å². The molecule has 36 heavy (non-hydrogen) atoms. The first kappa shape index (κ1) is 23.4. The van der Waals surface area contributed by atoms with E-state index in [0.717, 1.165) is 30.4 Å². The number of hydrogen-bond acceptors (Lipinski definition) is 8. The largest absolute Gasteiger partial charge is 0.356 e. The van der Waals surface area contributed by atoms with Crippen LogP contribution in [0.3, 0.4) is 0 Å². The third-order valence-corrected chi connectivity index (χ3v) is 8.11. The van der Waals surface area contributed by atoms with E-state index in [9.17, 15) is 8.78 Å². The average molecular weight is 513 g/mol. The van der Waals surface area contributed by atoms with E-state index in [1.54, 1.807) is 4.68 Å². The number of anilines is 3. The van der Waals surface area contributed by atoms with Gasteiger partial charge in [-0.3, -0.25) is 0 Å². The molecule has 0 amide bonds. The Bertz CT molecular complexity index is 1220. The van der Waals surface area contributed by atoms with Crippen molar-refractivity contribution in [1.29, 1.82) is 0 Å². The molecule has 3 aromatic heterocycles. The van der Waals surface area contributed by atoms with Crippen LogP contribution in [0.25, 0.3) is 17.1 Å². The summed E-state index contributed by atoms with van der Waals surface area (Å²) < 4.78 is 32.2. The van der Waals surface area contributed by atoms with Gasteiger partial charge in [0.1, 0.15) is 23.0 Å². The SMILES string of the molecule is CSNc1ccc(-n2cc(-c3cccc(N4CCC(F)(F)CC4)n3)nn2)c(N2CCC3(CC2)CC3)n1. The molecule has 1 aliphatic carbocycles. The first-order chi connectivity index (χ1) is 17.4. The standard InChI is InChI=1S/C25H30F2N8S/c1-36-31-21-6-5-20(23(29-21)34-13-9-24(7-8-24)10-14-34)35-17-19(30-32-35)18-3-2-4-22(28-18)33-15-11-25(26,27)12-16-33/h2-6,17H,7-16H2,1H3,(H,29,31). The minimum atomic E-state index is -2.59. The normalized spacial score (nSPS) is 20.5. The molecule has 3 aromatic rings. The molecule has 1 spiro atoms. The lowest BCUT2D eigenvalue weighted by atomic mass is 9.94. The van der Waals surface area contributed by atoms with Crippen molar-refractivity contribution < 1.29 is 8.78 Å². The van der Waals surface area contributed by atoms with Gasteiger partial charge in [-0.05, 0) is 55.4 Å². The van der Waals surface area contributed by atoms with Crippen molar-refractivity contribution in [1.82, 2.24) is 25.0 Å². The minimum Gasteiger partial charge on any atom is -0.356 e. The lowest BCUT2D eigenvalue weighted by Gasteiger charge is -2.34. The topological polar surface area (TPSA) is 75.0 Å². The summed E-state index contributed by atoms with van der Waals surface area (Å²) in [6, 6.07) is 9.61. The lowest BCUT2D eigenvalue weighted by Crippen LogP contribution is -2.39. The van der Waals surface area contributed by atoms with Crippen molar-refractivity contribution >= 4 is 29.4 Å². The molecule has 0 radical (unpaired) electrons. The van der Waals surface area contributed by atoms with Gasteiger partial charge in [0, 0.05) is 45.3 Å². The van der Waals surface area contributed by atoms with Crippen LogP contribution in [-0.4, -0.2) is 63.3 Å². The Kier molecular flexibility index (Phi) is 5.97. The maximum Gasteiger partial charge on any atom is 0.251 e. The fraction of sp³-hybridized carbons (Fsp3) is 0.520. The molecular formula is C25H30F2N8S. The second-order valence-electron chi connectivity index (χ2n) is 10.1. The highest BCUT2D eigenvalue weighted by atomic mass is 32.2.